The number of sulfonamides is 1. The molecule has 0 aromatic heterocycles. The number of nitrogens with zero attached hydrogens (tertiary/aromatic N) is 2. The highest BCUT2D eigenvalue weighted by Gasteiger charge is 2.40. The average Bonchev–Trinajstić information content (AvgIpc) is 3.36. The third kappa shape index (κ3) is 4.52. The van der Waals surface area contributed by atoms with E-state index in [2.05, 4.69) is 10.2 Å². The summed E-state index contributed by atoms with van der Waals surface area (Å²) in [5.41, 5.74) is 1.82. The normalized spacial score (nSPS) is 21.1. The largest absolute Gasteiger partial charge is 0.486 e. The van der Waals surface area contributed by atoms with E-state index in [4.69, 9.17) is 9.47 Å². The van der Waals surface area contributed by atoms with Crippen LogP contribution in [-0.4, -0.2) is 57.5 Å². The van der Waals surface area contributed by atoms with Crippen LogP contribution in [0.15, 0.2) is 47.4 Å². The second kappa shape index (κ2) is 9.23. The molecule has 1 amide bonds. The van der Waals surface area contributed by atoms with E-state index >= 15 is 0 Å². The fourth-order valence-corrected chi connectivity index (χ4v) is 6.42. The first-order chi connectivity index (χ1) is 16.0. The number of amides is 1. The molecule has 3 aliphatic heterocycles. The SMILES string of the molecule is O=C(Nc1ccc(N2CCCCC2)cc1)[C@H]1CCCN1S(=O)(=O)c1ccc2c(c1)OCCO2. The minimum atomic E-state index is -3.85. The lowest BCUT2D eigenvalue weighted by atomic mass is 10.1. The third-order valence-corrected chi connectivity index (χ3v) is 8.39. The molecule has 2 aromatic rings. The van der Waals surface area contributed by atoms with Gasteiger partial charge in [-0.15, -0.1) is 0 Å². The molecule has 1 N–H and O–H groups in total. The maximum Gasteiger partial charge on any atom is 0.243 e. The molecule has 0 saturated carbocycles. The number of nitrogens with one attached hydrogen (secondary N) is 1. The molecule has 5 rings (SSSR count). The summed E-state index contributed by atoms with van der Waals surface area (Å²) in [6.45, 7) is 3.23. The molecule has 176 valence electrons. The Hall–Kier alpha value is -2.78. The molecule has 0 radical (unpaired) electrons. The Kier molecular flexibility index (Phi) is 6.16. The average molecular weight is 472 g/mol. The van der Waals surface area contributed by atoms with Crippen LogP contribution in [0.3, 0.4) is 0 Å². The summed E-state index contributed by atoms with van der Waals surface area (Å²) in [5.74, 6) is 0.638. The van der Waals surface area contributed by atoms with Crippen molar-refractivity contribution in [1.29, 1.82) is 0 Å². The fraction of sp³-hybridized carbons (Fsp3) is 0.458. The van der Waals surface area contributed by atoms with Crippen molar-refractivity contribution >= 4 is 27.3 Å². The number of hydrogen-bond donors (Lipinski definition) is 1. The number of ether oxygens (including phenoxy) is 2. The van der Waals surface area contributed by atoms with Crippen molar-refractivity contribution in [3.8, 4) is 11.5 Å². The second-order valence-electron chi connectivity index (χ2n) is 8.66. The molecule has 3 aliphatic rings. The molecule has 2 fully saturated rings. The lowest BCUT2D eigenvalue weighted by Gasteiger charge is -2.29. The van der Waals surface area contributed by atoms with E-state index in [-0.39, 0.29) is 10.8 Å². The summed E-state index contributed by atoms with van der Waals surface area (Å²) in [4.78, 5) is 15.5. The standard InChI is InChI=1S/C24H29N3O5S/c28-24(25-18-6-8-19(9-7-18)26-12-2-1-3-13-26)21-5-4-14-27(21)33(29,30)20-10-11-22-23(17-20)32-16-15-31-22/h6-11,17,21H,1-5,12-16H2,(H,25,28)/t21-/m1/s1. The van der Waals surface area contributed by atoms with Gasteiger partial charge in [-0.1, -0.05) is 0 Å². The number of piperidine rings is 1. The first-order valence-corrected chi connectivity index (χ1v) is 13.0. The summed E-state index contributed by atoms with van der Waals surface area (Å²) in [7, 11) is -3.85. The monoisotopic (exact) mass is 471 g/mol. The number of hydrogen-bond acceptors (Lipinski definition) is 6. The molecule has 33 heavy (non-hydrogen) atoms. The van der Waals surface area contributed by atoms with Crippen molar-refractivity contribution in [2.24, 2.45) is 0 Å². The lowest BCUT2D eigenvalue weighted by Crippen LogP contribution is -2.43. The van der Waals surface area contributed by atoms with Crippen molar-refractivity contribution in [2.75, 3.05) is 43.1 Å². The van der Waals surface area contributed by atoms with Gasteiger partial charge in [-0.25, -0.2) is 8.42 Å². The minimum Gasteiger partial charge on any atom is -0.486 e. The summed E-state index contributed by atoms with van der Waals surface area (Å²) >= 11 is 0. The van der Waals surface area contributed by atoms with Crippen molar-refractivity contribution < 1.29 is 22.7 Å². The highest BCUT2D eigenvalue weighted by atomic mass is 32.2. The molecule has 0 aliphatic carbocycles. The van der Waals surface area contributed by atoms with Gasteiger partial charge < -0.3 is 19.7 Å². The van der Waals surface area contributed by atoms with Gasteiger partial charge in [0.2, 0.25) is 15.9 Å². The number of fused-ring (bicyclic) bond motifs is 1. The maximum atomic E-state index is 13.4. The Balaban J connectivity index is 1.29. The van der Waals surface area contributed by atoms with Crippen LogP contribution in [0.2, 0.25) is 0 Å². The van der Waals surface area contributed by atoms with Crippen molar-refractivity contribution in [3.63, 3.8) is 0 Å². The van der Waals surface area contributed by atoms with E-state index in [1.54, 1.807) is 6.07 Å². The Morgan fingerprint density at radius 3 is 2.36 bits per heavy atom. The topological polar surface area (TPSA) is 88.2 Å². The summed E-state index contributed by atoms with van der Waals surface area (Å²) in [6.07, 6.45) is 4.80. The highest BCUT2D eigenvalue weighted by molar-refractivity contribution is 7.89. The van der Waals surface area contributed by atoms with Crippen LogP contribution < -0.4 is 19.7 Å². The van der Waals surface area contributed by atoms with Crippen LogP contribution in [-0.2, 0) is 14.8 Å². The van der Waals surface area contributed by atoms with Gasteiger partial charge in [0.05, 0.1) is 4.90 Å². The van der Waals surface area contributed by atoms with E-state index in [9.17, 15) is 13.2 Å². The molecule has 2 saturated heterocycles. The van der Waals surface area contributed by atoms with Crippen LogP contribution in [0.4, 0.5) is 11.4 Å². The van der Waals surface area contributed by atoms with Crippen LogP contribution in [0.25, 0.3) is 0 Å². The zero-order valence-electron chi connectivity index (χ0n) is 18.5. The van der Waals surface area contributed by atoms with Crippen molar-refractivity contribution in [1.82, 2.24) is 4.31 Å². The second-order valence-corrected chi connectivity index (χ2v) is 10.6. The molecule has 0 spiro atoms. The molecule has 8 nitrogen and oxygen atoms in total. The number of anilines is 2. The van der Waals surface area contributed by atoms with Crippen LogP contribution in [0.5, 0.6) is 11.5 Å². The van der Waals surface area contributed by atoms with Crippen LogP contribution in [0.1, 0.15) is 32.1 Å². The van der Waals surface area contributed by atoms with Gasteiger partial charge in [0, 0.05) is 37.1 Å². The molecule has 1 atom stereocenters. The third-order valence-electron chi connectivity index (χ3n) is 6.48. The fourth-order valence-electron chi connectivity index (χ4n) is 4.74. The molecular formula is C24H29N3O5S. The molecule has 0 unspecified atom stereocenters. The zero-order chi connectivity index (χ0) is 22.8. The molecule has 3 heterocycles. The van der Waals surface area contributed by atoms with Gasteiger partial charge in [0.1, 0.15) is 19.3 Å². The predicted octanol–water partition coefficient (Wildman–Crippen LogP) is 3.24. The summed E-state index contributed by atoms with van der Waals surface area (Å²) in [5, 5.41) is 2.91. The number of carbonyl (C=O) groups excluding carboxylic acids is 1. The van der Waals surface area contributed by atoms with Gasteiger partial charge in [0.15, 0.2) is 11.5 Å². The summed E-state index contributed by atoms with van der Waals surface area (Å²) < 4.78 is 39.0. The van der Waals surface area contributed by atoms with E-state index in [0.29, 0.717) is 49.8 Å². The van der Waals surface area contributed by atoms with Gasteiger partial charge in [-0.3, -0.25) is 4.79 Å². The van der Waals surface area contributed by atoms with Crippen LogP contribution >= 0.6 is 0 Å². The Bertz CT molecular complexity index is 1110. The van der Waals surface area contributed by atoms with Gasteiger partial charge in [-0.05, 0) is 68.5 Å². The quantitative estimate of drug-likeness (QED) is 0.720. The van der Waals surface area contributed by atoms with Crippen molar-refractivity contribution in [3.05, 3.63) is 42.5 Å². The van der Waals surface area contributed by atoms with E-state index in [1.165, 1.54) is 35.7 Å². The molecule has 2 aromatic carbocycles. The zero-order valence-corrected chi connectivity index (χ0v) is 19.4. The van der Waals surface area contributed by atoms with E-state index < -0.39 is 16.1 Å². The molecule has 0 bridgehead atoms. The van der Waals surface area contributed by atoms with E-state index in [1.807, 2.05) is 24.3 Å². The Labute approximate surface area is 194 Å². The van der Waals surface area contributed by atoms with Gasteiger partial charge in [0.25, 0.3) is 0 Å². The molecule has 9 heteroatoms. The Morgan fingerprint density at radius 1 is 0.879 bits per heavy atom. The predicted molar refractivity (Wildman–Crippen MR) is 125 cm³/mol. The maximum absolute atomic E-state index is 13.4. The first-order valence-electron chi connectivity index (χ1n) is 11.6. The smallest absolute Gasteiger partial charge is 0.243 e. The van der Waals surface area contributed by atoms with Gasteiger partial charge in [-0.2, -0.15) is 4.31 Å². The summed E-state index contributed by atoms with van der Waals surface area (Å²) in [6, 6.07) is 11.7. The highest BCUT2D eigenvalue weighted by Crippen LogP contribution is 2.35. The first kappa shape index (κ1) is 22.0. The van der Waals surface area contributed by atoms with E-state index in [0.717, 1.165) is 18.8 Å². The van der Waals surface area contributed by atoms with Crippen molar-refractivity contribution in [2.45, 2.75) is 43.0 Å². The lowest BCUT2D eigenvalue weighted by molar-refractivity contribution is -0.119. The number of carbonyl (C=O) groups is 1. The van der Waals surface area contributed by atoms with Crippen LogP contribution in [0, 0.1) is 0 Å². The minimum absolute atomic E-state index is 0.109. The van der Waals surface area contributed by atoms with Gasteiger partial charge >= 0.3 is 0 Å². The molecular weight excluding hydrogens is 442 g/mol. The number of rotatable bonds is 5. The number of benzene rings is 2. The Morgan fingerprint density at radius 2 is 1.61 bits per heavy atom.